The van der Waals surface area contributed by atoms with Gasteiger partial charge in [0, 0.05) is 34.6 Å². The summed E-state index contributed by atoms with van der Waals surface area (Å²) in [6, 6.07) is 0. The second-order valence-corrected chi connectivity index (χ2v) is 11.0. The number of carbonyl (C=O) groups excluding carboxylic acids is 3. The van der Waals surface area contributed by atoms with Crippen LogP contribution < -0.4 is 0 Å². The van der Waals surface area contributed by atoms with Crippen LogP contribution in [-0.4, -0.2) is 29.3 Å². The first kappa shape index (κ1) is 20.4. The van der Waals surface area contributed by atoms with Gasteiger partial charge in [-0.1, -0.05) is 31.5 Å². The predicted molar refractivity (Wildman–Crippen MR) is 109 cm³/mol. The highest BCUT2D eigenvalue weighted by Crippen LogP contribution is 2.72. The fourth-order valence-corrected chi connectivity index (χ4v) is 8.47. The van der Waals surface area contributed by atoms with E-state index in [1.54, 1.807) is 6.08 Å². The molecule has 0 aromatic carbocycles. The number of halogens is 2. The van der Waals surface area contributed by atoms with Crippen molar-refractivity contribution in [1.82, 2.24) is 0 Å². The Morgan fingerprint density at radius 3 is 2.57 bits per heavy atom. The van der Waals surface area contributed by atoms with Gasteiger partial charge in [0.2, 0.25) is 0 Å². The van der Waals surface area contributed by atoms with Crippen molar-refractivity contribution in [1.29, 1.82) is 0 Å². The molecule has 3 fully saturated rings. The van der Waals surface area contributed by atoms with Gasteiger partial charge in [-0.05, 0) is 62.0 Å². The molecular formula is C24H28ClFO4. The fraction of sp³-hybridized carbons (Fsp3) is 0.708. The summed E-state index contributed by atoms with van der Waals surface area (Å²) in [5.41, 5.74) is -1.76. The van der Waals surface area contributed by atoms with Crippen molar-refractivity contribution in [3.8, 4) is 0 Å². The van der Waals surface area contributed by atoms with Gasteiger partial charge in [0.25, 0.3) is 0 Å². The quantitative estimate of drug-likeness (QED) is 0.598. The van der Waals surface area contributed by atoms with Crippen LogP contribution in [0, 0.1) is 40.4 Å². The number of ether oxygens (including phenoxy) is 1. The minimum Gasteiger partial charge on any atom is -0.451 e. The molecule has 0 aromatic heterocycles. The third-order valence-electron chi connectivity index (χ3n) is 9.40. The summed E-state index contributed by atoms with van der Waals surface area (Å²) in [5, 5.41) is 0.543. The van der Waals surface area contributed by atoms with Gasteiger partial charge in [0.15, 0.2) is 17.2 Å². The number of Topliss-reactive ketones (excluding diaryl/α,β-unsaturated/α-hetero) is 1. The lowest BCUT2D eigenvalue weighted by Gasteiger charge is -2.58. The molecule has 9 atom stereocenters. The van der Waals surface area contributed by atoms with E-state index >= 15 is 4.39 Å². The lowest BCUT2D eigenvalue weighted by Crippen LogP contribution is -2.61. The van der Waals surface area contributed by atoms with E-state index in [1.807, 2.05) is 13.0 Å². The van der Waals surface area contributed by atoms with Crippen LogP contribution in [0.3, 0.4) is 0 Å². The van der Waals surface area contributed by atoms with Crippen LogP contribution in [0.4, 0.5) is 4.39 Å². The maximum atomic E-state index is 16.1. The van der Waals surface area contributed by atoms with E-state index in [1.165, 1.54) is 13.8 Å². The van der Waals surface area contributed by atoms with Crippen LogP contribution in [0.15, 0.2) is 22.8 Å². The van der Waals surface area contributed by atoms with E-state index in [-0.39, 0.29) is 47.6 Å². The second kappa shape index (κ2) is 6.05. The minimum atomic E-state index is -1.29. The molecule has 30 heavy (non-hydrogen) atoms. The maximum Gasteiger partial charge on any atom is 0.303 e. The zero-order valence-corrected chi connectivity index (χ0v) is 18.6. The molecule has 3 saturated carbocycles. The molecule has 5 aliphatic rings. The van der Waals surface area contributed by atoms with Crippen LogP contribution in [0.1, 0.15) is 53.4 Å². The molecule has 0 aliphatic heterocycles. The van der Waals surface area contributed by atoms with Crippen LogP contribution in [0.25, 0.3) is 0 Å². The molecule has 0 N–H and O–H groups in total. The minimum absolute atomic E-state index is 0.0107. The Kier molecular flexibility index (Phi) is 4.12. The molecule has 5 aliphatic carbocycles. The topological polar surface area (TPSA) is 60.4 Å². The van der Waals surface area contributed by atoms with E-state index in [0.717, 1.165) is 12.0 Å². The molecule has 0 aromatic rings. The summed E-state index contributed by atoms with van der Waals surface area (Å²) >= 11 is 6.72. The molecule has 0 radical (unpaired) electrons. The second-order valence-electron chi connectivity index (χ2n) is 10.6. The standard InChI is InChI=1S/C24H28ClFO4/c1-11(27)24(30-12(2)28)6-5-15-14-8-18(25)17-9-20(29)13-7-16(13)23(17,4)21(14)19(26)10-22(15,24)3/h8-9,13-16,19,21H,5-7,10H2,1-4H3/t13-,14+,15+,16+,19+,21-,22+,23+,24+/m1/s1. The Labute approximate surface area is 181 Å². The van der Waals surface area contributed by atoms with Crippen molar-refractivity contribution in [2.45, 2.75) is 65.2 Å². The van der Waals surface area contributed by atoms with E-state index < -0.39 is 28.6 Å². The molecule has 6 heteroatoms. The van der Waals surface area contributed by atoms with Gasteiger partial charge in [0.1, 0.15) is 6.17 Å². The third-order valence-corrected chi connectivity index (χ3v) is 9.73. The molecule has 0 bridgehead atoms. The van der Waals surface area contributed by atoms with Crippen LogP contribution in [-0.2, 0) is 19.1 Å². The van der Waals surface area contributed by atoms with Crippen molar-refractivity contribution in [3.63, 3.8) is 0 Å². The lowest BCUT2D eigenvalue weighted by atomic mass is 9.47. The fourth-order valence-electron chi connectivity index (χ4n) is 8.07. The molecule has 162 valence electrons. The molecule has 0 amide bonds. The Hall–Kier alpha value is -1.49. The number of ketones is 2. The summed E-state index contributed by atoms with van der Waals surface area (Å²) in [6.07, 6.45) is 4.46. The summed E-state index contributed by atoms with van der Waals surface area (Å²) in [5.74, 6) is -0.938. The SMILES string of the molecule is CC(=O)O[C@]1(C(C)=O)CC[C@H]2[C@@H]3C=C(Cl)C4=CC(=O)[C@@H]5C[C@@H]5[C@]4(C)[C@H]3[C@@H](F)C[C@@]21C. The van der Waals surface area contributed by atoms with Crippen molar-refractivity contribution in [2.75, 3.05) is 0 Å². The first-order valence-corrected chi connectivity index (χ1v) is 11.3. The number of rotatable bonds is 2. The summed E-state index contributed by atoms with van der Waals surface area (Å²) in [4.78, 5) is 37.1. The van der Waals surface area contributed by atoms with Gasteiger partial charge in [0.05, 0.1) is 0 Å². The maximum absolute atomic E-state index is 16.1. The van der Waals surface area contributed by atoms with Gasteiger partial charge >= 0.3 is 5.97 Å². The Morgan fingerprint density at radius 2 is 1.93 bits per heavy atom. The highest BCUT2D eigenvalue weighted by molar-refractivity contribution is 6.32. The number of hydrogen-bond donors (Lipinski definition) is 0. The third kappa shape index (κ3) is 2.25. The molecule has 0 heterocycles. The smallest absolute Gasteiger partial charge is 0.303 e. The van der Waals surface area contributed by atoms with E-state index in [4.69, 9.17) is 16.3 Å². The first-order chi connectivity index (χ1) is 14.0. The number of fused-ring (bicyclic) bond motifs is 7. The van der Waals surface area contributed by atoms with Crippen molar-refractivity contribution in [2.24, 2.45) is 40.4 Å². The van der Waals surface area contributed by atoms with Crippen molar-refractivity contribution < 1.29 is 23.5 Å². The molecular weight excluding hydrogens is 407 g/mol. The van der Waals surface area contributed by atoms with E-state index in [0.29, 0.717) is 17.9 Å². The van der Waals surface area contributed by atoms with Gasteiger partial charge in [-0.3, -0.25) is 14.4 Å². The largest absolute Gasteiger partial charge is 0.451 e. The lowest BCUT2D eigenvalue weighted by molar-refractivity contribution is -0.190. The van der Waals surface area contributed by atoms with Crippen molar-refractivity contribution in [3.05, 3.63) is 22.8 Å². The summed E-state index contributed by atoms with van der Waals surface area (Å²) in [7, 11) is 0. The van der Waals surface area contributed by atoms with Gasteiger partial charge in [-0.2, -0.15) is 0 Å². The zero-order chi connectivity index (χ0) is 21.8. The first-order valence-electron chi connectivity index (χ1n) is 11.0. The molecule has 0 spiro atoms. The normalized spacial score (nSPS) is 50.9. The molecule has 0 unspecified atom stereocenters. The molecule has 0 saturated heterocycles. The number of carbonyl (C=O) groups is 3. The van der Waals surface area contributed by atoms with Crippen LogP contribution in [0.2, 0.25) is 0 Å². The Balaban J connectivity index is 1.64. The predicted octanol–water partition coefficient (Wildman–Crippen LogP) is 4.56. The monoisotopic (exact) mass is 434 g/mol. The Bertz CT molecular complexity index is 939. The van der Waals surface area contributed by atoms with Gasteiger partial charge < -0.3 is 4.74 Å². The average Bonchev–Trinajstić information content (AvgIpc) is 3.39. The number of hydrogen-bond acceptors (Lipinski definition) is 4. The molecule has 4 nitrogen and oxygen atoms in total. The Morgan fingerprint density at radius 1 is 1.23 bits per heavy atom. The van der Waals surface area contributed by atoms with Crippen molar-refractivity contribution >= 4 is 29.1 Å². The van der Waals surface area contributed by atoms with Gasteiger partial charge in [-0.15, -0.1) is 0 Å². The summed E-state index contributed by atoms with van der Waals surface area (Å²) < 4.78 is 21.8. The van der Waals surface area contributed by atoms with Crippen LogP contribution in [0.5, 0.6) is 0 Å². The van der Waals surface area contributed by atoms with E-state index in [9.17, 15) is 14.4 Å². The van der Waals surface area contributed by atoms with Gasteiger partial charge in [-0.25, -0.2) is 4.39 Å². The highest BCUT2D eigenvalue weighted by atomic mass is 35.5. The highest BCUT2D eigenvalue weighted by Gasteiger charge is 2.72. The number of allylic oxidation sites excluding steroid dienone is 4. The average molecular weight is 435 g/mol. The van der Waals surface area contributed by atoms with E-state index in [2.05, 4.69) is 6.92 Å². The number of esters is 1. The number of alkyl halides is 1. The molecule has 5 rings (SSSR count). The zero-order valence-electron chi connectivity index (χ0n) is 17.8. The van der Waals surface area contributed by atoms with Crippen LogP contribution >= 0.6 is 11.6 Å². The summed E-state index contributed by atoms with van der Waals surface area (Å²) in [6.45, 7) is 6.75.